The first-order valence-corrected chi connectivity index (χ1v) is 6.48. The number of rotatable bonds is 5. The number of benzene rings is 1. The molecule has 0 saturated heterocycles. The van der Waals surface area contributed by atoms with Crippen LogP contribution in [0.2, 0.25) is 0 Å². The number of aliphatic hydroxyl groups is 1. The van der Waals surface area contributed by atoms with Gasteiger partial charge < -0.3 is 14.6 Å². The molecule has 0 bridgehead atoms. The molecule has 0 aliphatic carbocycles. The summed E-state index contributed by atoms with van der Waals surface area (Å²) in [5.41, 5.74) is 1.57. The minimum Gasteiger partial charge on any atom is -0.497 e. The van der Waals surface area contributed by atoms with Gasteiger partial charge in [0.15, 0.2) is 0 Å². The molecule has 0 fully saturated rings. The Labute approximate surface area is 119 Å². The van der Waals surface area contributed by atoms with Gasteiger partial charge in [0.1, 0.15) is 11.5 Å². The lowest BCUT2D eigenvalue weighted by Gasteiger charge is -2.21. The van der Waals surface area contributed by atoms with Gasteiger partial charge in [-0.05, 0) is 24.3 Å². The summed E-state index contributed by atoms with van der Waals surface area (Å²) in [5, 5.41) is 10.6. The smallest absolute Gasteiger partial charge is 0.128 e. The van der Waals surface area contributed by atoms with Crippen LogP contribution in [0, 0.1) is 0 Å². The summed E-state index contributed by atoms with van der Waals surface area (Å²) in [6, 6.07) is 11.1. The van der Waals surface area contributed by atoms with Crippen molar-refractivity contribution in [2.24, 2.45) is 0 Å². The second-order valence-electron chi connectivity index (χ2n) is 4.60. The van der Waals surface area contributed by atoms with Crippen LogP contribution in [0.25, 0.3) is 0 Å². The van der Waals surface area contributed by atoms with Crippen LogP contribution in [-0.4, -0.2) is 24.3 Å². The van der Waals surface area contributed by atoms with Gasteiger partial charge in [-0.3, -0.25) is 4.98 Å². The van der Waals surface area contributed by atoms with E-state index >= 15 is 0 Å². The van der Waals surface area contributed by atoms with E-state index in [1.54, 1.807) is 26.5 Å². The zero-order chi connectivity index (χ0) is 14.5. The molecular weight excluding hydrogens is 254 g/mol. The minimum absolute atomic E-state index is 0.126. The first kappa shape index (κ1) is 14.3. The largest absolute Gasteiger partial charge is 0.497 e. The van der Waals surface area contributed by atoms with Gasteiger partial charge in [0, 0.05) is 29.4 Å². The Morgan fingerprint density at radius 2 is 1.90 bits per heavy atom. The van der Waals surface area contributed by atoms with Crippen molar-refractivity contribution in [3.05, 3.63) is 53.9 Å². The third-order valence-corrected chi connectivity index (χ3v) is 3.39. The van der Waals surface area contributed by atoms with Gasteiger partial charge in [0.25, 0.3) is 0 Å². The fourth-order valence-corrected chi connectivity index (χ4v) is 2.14. The van der Waals surface area contributed by atoms with Gasteiger partial charge in [0.2, 0.25) is 0 Å². The Morgan fingerprint density at radius 3 is 2.50 bits per heavy atom. The molecule has 0 aliphatic heterocycles. The zero-order valence-corrected chi connectivity index (χ0v) is 11.9. The quantitative estimate of drug-likeness (QED) is 0.910. The molecule has 1 aromatic carbocycles. The fourth-order valence-electron chi connectivity index (χ4n) is 2.14. The molecule has 20 heavy (non-hydrogen) atoms. The summed E-state index contributed by atoms with van der Waals surface area (Å²) >= 11 is 0. The summed E-state index contributed by atoms with van der Waals surface area (Å²) in [6.45, 7) is 1.94. The number of hydrogen-bond acceptors (Lipinski definition) is 4. The first-order chi connectivity index (χ1) is 9.67. The highest BCUT2D eigenvalue weighted by atomic mass is 16.5. The van der Waals surface area contributed by atoms with Gasteiger partial charge in [-0.25, -0.2) is 0 Å². The van der Waals surface area contributed by atoms with Gasteiger partial charge >= 0.3 is 0 Å². The summed E-state index contributed by atoms with van der Waals surface area (Å²) in [7, 11) is 3.18. The number of aliphatic hydroxyl groups excluding tert-OH is 1. The van der Waals surface area contributed by atoms with Crippen LogP contribution in [0.15, 0.2) is 42.6 Å². The number of ether oxygens (including phenoxy) is 2. The van der Waals surface area contributed by atoms with Crippen LogP contribution >= 0.6 is 0 Å². The van der Waals surface area contributed by atoms with Crippen molar-refractivity contribution in [2.75, 3.05) is 14.2 Å². The van der Waals surface area contributed by atoms with Crippen LogP contribution in [0.1, 0.15) is 30.2 Å². The van der Waals surface area contributed by atoms with E-state index in [9.17, 15) is 5.11 Å². The van der Waals surface area contributed by atoms with Gasteiger partial charge in [-0.15, -0.1) is 0 Å². The predicted molar refractivity (Wildman–Crippen MR) is 77.2 cm³/mol. The molecule has 106 valence electrons. The lowest BCUT2D eigenvalue weighted by atomic mass is 9.93. The average molecular weight is 273 g/mol. The molecule has 2 aromatic rings. The summed E-state index contributed by atoms with van der Waals surface area (Å²) in [5.74, 6) is 1.18. The lowest BCUT2D eigenvalue weighted by Crippen LogP contribution is -2.10. The Hall–Kier alpha value is -2.07. The van der Waals surface area contributed by atoms with E-state index in [2.05, 4.69) is 4.98 Å². The SMILES string of the molecule is COc1ccc(C(O)C(C)c2ccccn2)c(OC)c1. The molecule has 2 atom stereocenters. The normalized spacial score (nSPS) is 13.6. The van der Waals surface area contributed by atoms with Crippen LogP contribution in [0.3, 0.4) is 0 Å². The van der Waals surface area contributed by atoms with E-state index < -0.39 is 6.10 Å². The van der Waals surface area contributed by atoms with Crippen LogP contribution in [0.5, 0.6) is 11.5 Å². The minimum atomic E-state index is -0.689. The third kappa shape index (κ3) is 2.91. The Bertz CT molecular complexity index is 557. The second kappa shape index (κ2) is 6.39. The van der Waals surface area contributed by atoms with Crippen molar-refractivity contribution in [3.8, 4) is 11.5 Å². The highest BCUT2D eigenvalue weighted by molar-refractivity contribution is 5.42. The monoisotopic (exact) mass is 273 g/mol. The zero-order valence-electron chi connectivity index (χ0n) is 11.9. The van der Waals surface area contributed by atoms with Crippen molar-refractivity contribution >= 4 is 0 Å². The van der Waals surface area contributed by atoms with E-state index in [0.29, 0.717) is 11.5 Å². The summed E-state index contributed by atoms with van der Waals surface area (Å²) < 4.78 is 10.5. The molecule has 1 aromatic heterocycles. The van der Waals surface area contributed by atoms with Gasteiger partial charge in [-0.1, -0.05) is 13.0 Å². The predicted octanol–water partition coefficient (Wildman–Crippen LogP) is 2.94. The average Bonchev–Trinajstić information content (AvgIpc) is 2.53. The molecule has 4 heteroatoms. The number of methoxy groups -OCH3 is 2. The number of aromatic nitrogens is 1. The maximum Gasteiger partial charge on any atom is 0.128 e. The Kier molecular flexibility index (Phi) is 4.58. The molecule has 0 radical (unpaired) electrons. The maximum atomic E-state index is 10.6. The molecule has 1 heterocycles. The molecule has 0 spiro atoms. The lowest BCUT2D eigenvalue weighted by molar-refractivity contribution is 0.146. The second-order valence-corrected chi connectivity index (χ2v) is 4.60. The van der Waals surface area contributed by atoms with Crippen LogP contribution in [0.4, 0.5) is 0 Å². The van der Waals surface area contributed by atoms with E-state index in [0.717, 1.165) is 11.3 Å². The van der Waals surface area contributed by atoms with E-state index in [1.165, 1.54) is 0 Å². The topological polar surface area (TPSA) is 51.6 Å². The van der Waals surface area contributed by atoms with Crippen molar-refractivity contribution in [1.29, 1.82) is 0 Å². The van der Waals surface area contributed by atoms with Crippen LogP contribution < -0.4 is 9.47 Å². The third-order valence-electron chi connectivity index (χ3n) is 3.39. The van der Waals surface area contributed by atoms with Gasteiger partial charge in [0.05, 0.1) is 20.3 Å². The standard InChI is InChI=1S/C16H19NO3/c1-11(14-6-4-5-9-17-14)16(18)13-8-7-12(19-2)10-15(13)20-3/h4-11,16,18H,1-3H3. The fraction of sp³-hybridized carbons (Fsp3) is 0.312. The Balaban J connectivity index is 2.31. The number of pyridine rings is 1. The van der Waals surface area contributed by atoms with E-state index in [-0.39, 0.29) is 5.92 Å². The summed E-state index contributed by atoms with van der Waals surface area (Å²) in [6.07, 6.45) is 1.04. The first-order valence-electron chi connectivity index (χ1n) is 6.48. The molecule has 1 N–H and O–H groups in total. The van der Waals surface area contributed by atoms with Crippen molar-refractivity contribution in [2.45, 2.75) is 18.9 Å². The highest BCUT2D eigenvalue weighted by Gasteiger charge is 2.22. The van der Waals surface area contributed by atoms with E-state index in [1.807, 2.05) is 37.3 Å². The van der Waals surface area contributed by atoms with Crippen LogP contribution in [-0.2, 0) is 0 Å². The number of hydrogen-bond donors (Lipinski definition) is 1. The molecule has 0 aliphatic rings. The summed E-state index contributed by atoms with van der Waals surface area (Å²) in [4.78, 5) is 4.29. The molecular formula is C16H19NO3. The molecule has 2 unspecified atom stereocenters. The van der Waals surface area contributed by atoms with Crippen molar-refractivity contribution in [3.63, 3.8) is 0 Å². The molecule has 0 amide bonds. The van der Waals surface area contributed by atoms with Gasteiger partial charge in [-0.2, -0.15) is 0 Å². The van der Waals surface area contributed by atoms with E-state index in [4.69, 9.17) is 9.47 Å². The highest BCUT2D eigenvalue weighted by Crippen LogP contribution is 2.36. The molecule has 2 rings (SSSR count). The maximum absolute atomic E-state index is 10.6. The van der Waals surface area contributed by atoms with Crippen molar-refractivity contribution in [1.82, 2.24) is 4.98 Å². The Morgan fingerprint density at radius 1 is 1.10 bits per heavy atom. The molecule has 4 nitrogen and oxygen atoms in total. The molecule has 0 saturated carbocycles. The van der Waals surface area contributed by atoms with Crippen molar-refractivity contribution < 1.29 is 14.6 Å². The number of nitrogens with zero attached hydrogens (tertiary/aromatic N) is 1.